The zero-order valence-electron chi connectivity index (χ0n) is 13.4. The molecule has 1 aliphatic heterocycles. The van der Waals surface area contributed by atoms with Crippen molar-refractivity contribution in [1.29, 1.82) is 0 Å². The first kappa shape index (κ1) is 17.6. The number of halogens is 1. The van der Waals surface area contributed by atoms with E-state index in [4.69, 9.17) is 16.3 Å². The third-order valence-corrected chi connectivity index (χ3v) is 4.06. The maximum atomic E-state index is 12.6. The third-order valence-electron chi connectivity index (χ3n) is 3.77. The number of nitrogens with zero attached hydrogens (tertiary/aromatic N) is 2. The van der Waals surface area contributed by atoms with E-state index in [-0.39, 0.29) is 34.0 Å². The minimum absolute atomic E-state index is 0.0738. The summed E-state index contributed by atoms with van der Waals surface area (Å²) in [6.07, 6.45) is 0. The summed E-state index contributed by atoms with van der Waals surface area (Å²) in [5.74, 6) is -2.25. The van der Waals surface area contributed by atoms with E-state index in [0.29, 0.717) is 4.90 Å². The van der Waals surface area contributed by atoms with Crippen LogP contribution in [-0.2, 0) is 4.74 Å². The van der Waals surface area contributed by atoms with Gasteiger partial charge in [-0.15, -0.1) is 0 Å². The van der Waals surface area contributed by atoms with Crippen molar-refractivity contribution >= 4 is 40.8 Å². The molecule has 2 amide bonds. The van der Waals surface area contributed by atoms with Crippen LogP contribution in [0.1, 0.15) is 38.0 Å². The molecule has 2 aromatic rings. The van der Waals surface area contributed by atoms with E-state index in [9.17, 15) is 24.5 Å². The number of hydrogen-bond donors (Lipinski definition) is 0. The van der Waals surface area contributed by atoms with Gasteiger partial charge in [-0.05, 0) is 25.1 Å². The smallest absolute Gasteiger partial charge is 0.338 e. The number of imide groups is 1. The Hall–Kier alpha value is -3.26. The fraction of sp³-hybridized carbons (Fsp3) is 0.118. The minimum Gasteiger partial charge on any atom is -0.462 e. The Morgan fingerprint density at radius 1 is 1.19 bits per heavy atom. The SMILES string of the molecule is CCOC(=O)c1cc(Cl)c(N2C(=O)c3ccccc3C2=O)c([N+](=O)[O-])c1. The first-order valence-corrected chi connectivity index (χ1v) is 7.87. The monoisotopic (exact) mass is 374 g/mol. The van der Waals surface area contributed by atoms with Gasteiger partial charge in [-0.1, -0.05) is 23.7 Å². The van der Waals surface area contributed by atoms with E-state index in [1.807, 2.05) is 0 Å². The molecular formula is C17H11ClN2O6. The van der Waals surface area contributed by atoms with E-state index >= 15 is 0 Å². The Kier molecular flexibility index (Phi) is 4.43. The fourth-order valence-electron chi connectivity index (χ4n) is 2.67. The number of esters is 1. The van der Waals surface area contributed by atoms with Crippen LogP contribution in [0.5, 0.6) is 0 Å². The van der Waals surface area contributed by atoms with Crippen LogP contribution < -0.4 is 4.90 Å². The second kappa shape index (κ2) is 6.57. The average molecular weight is 375 g/mol. The van der Waals surface area contributed by atoms with Crippen LogP contribution in [0.3, 0.4) is 0 Å². The molecule has 0 radical (unpaired) electrons. The molecule has 8 nitrogen and oxygen atoms in total. The maximum absolute atomic E-state index is 12.6. The molecule has 2 aromatic carbocycles. The number of nitro benzene ring substituents is 1. The number of nitro groups is 1. The van der Waals surface area contributed by atoms with Gasteiger partial charge in [0, 0.05) is 6.07 Å². The Morgan fingerprint density at radius 3 is 2.27 bits per heavy atom. The van der Waals surface area contributed by atoms with Gasteiger partial charge in [0.25, 0.3) is 17.5 Å². The van der Waals surface area contributed by atoms with E-state index in [2.05, 4.69) is 0 Å². The summed E-state index contributed by atoms with van der Waals surface area (Å²) in [6.45, 7) is 1.66. The van der Waals surface area contributed by atoms with Gasteiger partial charge in [0.1, 0.15) is 5.69 Å². The molecule has 1 aliphatic rings. The quantitative estimate of drug-likeness (QED) is 0.352. The molecule has 0 fully saturated rings. The van der Waals surface area contributed by atoms with Gasteiger partial charge in [-0.3, -0.25) is 19.7 Å². The van der Waals surface area contributed by atoms with Crippen LogP contribution in [0, 0.1) is 10.1 Å². The van der Waals surface area contributed by atoms with Crippen LogP contribution in [0.4, 0.5) is 11.4 Å². The topological polar surface area (TPSA) is 107 Å². The molecule has 0 aromatic heterocycles. The van der Waals surface area contributed by atoms with Gasteiger partial charge in [0.15, 0.2) is 0 Å². The molecule has 9 heteroatoms. The van der Waals surface area contributed by atoms with Crippen molar-refractivity contribution in [2.45, 2.75) is 6.92 Å². The predicted molar refractivity (Wildman–Crippen MR) is 91.6 cm³/mol. The summed E-state index contributed by atoms with van der Waals surface area (Å²) in [6, 6.07) is 8.11. The maximum Gasteiger partial charge on any atom is 0.338 e. The lowest BCUT2D eigenvalue weighted by Crippen LogP contribution is -2.30. The van der Waals surface area contributed by atoms with E-state index < -0.39 is 28.4 Å². The third kappa shape index (κ3) is 2.70. The molecule has 0 atom stereocenters. The standard InChI is InChI=1S/C17H11ClN2O6/c1-2-26-17(23)9-7-12(18)14(13(8-9)20(24)25)19-15(21)10-5-3-4-6-11(10)16(19)22/h3-8H,2H2,1H3. The van der Waals surface area contributed by atoms with Crippen molar-refractivity contribution in [2.75, 3.05) is 11.5 Å². The van der Waals surface area contributed by atoms with Crippen molar-refractivity contribution in [3.63, 3.8) is 0 Å². The summed E-state index contributed by atoms with van der Waals surface area (Å²) in [5, 5.41) is 11.2. The molecule has 0 N–H and O–H groups in total. The van der Waals surface area contributed by atoms with E-state index in [0.717, 1.165) is 12.1 Å². The summed E-state index contributed by atoms with van der Waals surface area (Å²) in [4.78, 5) is 48.4. The normalized spacial score (nSPS) is 12.9. The lowest BCUT2D eigenvalue weighted by molar-refractivity contribution is -0.384. The number of anilines is 1. The van der Waals surface area contributed by atoms with E-state index in [1.54, 1.807) is 19.1 Å². The number of fused-ring (bicyclic) bond motifs is 1. The second-order valence-corrected chi connectivity index (χ2v) is 5.70. The van der Waals surface area contributed by atoms with Crippen LogP contribution in [0.15, 0.2) is 36.4 Å². The van der Waals surface area contributed by atoms with E-state index in [1.165, 1.54) is 12.1 Å². The zero-order chi connectivity index (χ0) is 19.0. The molecule has 0 spiro atoms. The van der Waals surface area contributed by atoms with Crippen molar-refractivity contribution in [1.82, 2.24) is 0 Å². The van der Waals surface area contributed by atoms with Crippen LogP contribution in [0.25, 0.3) is 0 Å². The number of benzene rings is 2. The highest BCUT2D eigenvalue weighted by molar-refractivity contribution is 6.40. The fourth-order valence-corrected chi connectivity index (χ4v) is 2.97. The number of ether oxygens (including phenoxy) is 1. The Labute approximate surface area is 152 Å². The van der Waals surface area contributed by atoms with Gasteiger partial charge in [-0.2, -0.15) is 0 Å². The molecule has 0 unspecified atom stereocenters. The first-order chi connectivity index (χ1) is 12.4. The van der Waals surface area contributed by atoms with Gasteiger partial charge in [-0.25, -0.2) is 9.69 Å². The number of carbonyl (C=O) groups excluding carboxylic acids is 3. The highest BCUT2D eigenvalue weighted by Crippen LogP contribution is 2.41. The summed E-state index contributed by atoms with van der Waals surface area (Å²) in [5.41, 5.74) is -0.926. The van der Waals surface area contributed by atoms with Crippen LogP contribution >= 0.6 is 11.6 Å². The van der Waals surface area contributed by atoms with Crippen molar-refractivity contribution in [3.05, 3.63) is 68.2 Å². The minimum atomic E-state index is -0.812. The highest BCUT2D eigenvalue weighted by Gasteiger charge is 2.41. The Morgan fingerprint density at radius 2 is 1.77 bits per heavy atom. The summed E-state index contributed by atoms with van der Waals surface area (Å²) >= 11 is 6.12. The molecule has 0 saturated heterocycles. The largest absolute Gasteiger partial charge is 0.462 e. The molecule has 1 heterocycles. The number of rotatable bonds is 4. The molecule has 0 aliphatic carbocycles. The number of amides is 2. The van der Waals surface area contributed by atoms with Crippen LogP contribution in [0.2, 0.25) is 5.02 Å². The number of hydrogen-bond acceptors (Lipinski definition) is 6. The lowest BCUT2D eigenvalue weighted by atomic mass is 10.1. The molecule has 26 heavy (non-hydrogen) atoms. The average Bonchev–Trinajstić information content (AvgIpc) is 2.86. The highest BCUT2D eigenvalue weighted by atomic mass is 35.5. The van der Waals surface area contributed by atoms with Gasteiger partial charge >= 0.3 is 5.97 Å². The second-order valence-electron chi connectivity index (χ2n) is 5.29. The van der Waals surface area contributed by atoms with Crippen molar-refractivity contribution in [2.24, 2.45) is 0 Å². The van der Waals surface area contributed by atoms with Crippen molar-refractivity contribution < 1.29 is 24.0 Å². The lowest BCUT2D eigenvalue weighted by Gasteiger charge is -2.16. The van der Waals surface area contributed by atoms with Crippen LogP contribution in [-0.4, -0.2) is 29.3 Å². The zero-order valence-corrected chi connectivity index (χ0v) is 14.1. The number of carbonyl (C=O) groups is 3. The summed E-state index contributed by atoms with van der Waals surface area (Å²) < 4.78 is 4.81. The molecule has 0 bridgehead atoms. The van der Waals surface area contributed by atoms with Crippen molar-refractivity contribution in [3.8, 4) is 0 Å². The molecule has 3 rings (SSSR count). The Balaban J connectivity index is 2.17. The molecule has 0 saturated carbocycles. The molecule has 132 valence electrons. The predicted octanol–water partition coefficient (Wildman–Crippen LogP) is 3.23. The first-order valence-electron chi connectivity index (χ1n) is 7.49. The molecular weight excluding hydrogens is 364 g/mol. The van der Waals surface area contributed by atoms with Gasteiger partial charge in [0.2, 0.25) is 0 Å². The summed E-state index contributed by atoms with van der Waals surface area (Å²) in [7, 11) is 0. The Bertz CT molecular complexity index is 937. The van der Waals surface area contributed by atoms with Gasteiger partial charge < -0.3 is 4.74 Å². The van der Waals surface area contributed by atoms with Gasteiger partial charge in [0.05, 0.1) is 33.2 Å².